The highest BCUT2D eigenvalue weighted by molar-refractivity contribution is 9.10. The van der Waals surface area contributed by atoms with Crippen LogP contribution in [0.2, 0.25) is 0 Å². The summed E-state index contributed by atoms with van der Waals surface area (Å²) in [6, 6.07) is 1.94. The predicted octanol–water partition coefficient (Wildman–Crippen LogP) is 6.17. The van der Waals surface area contributed by atoms with E-state index < -0.39 is 111 Å². The van der Waals surface area contributed by atoms with Gasteiger partial charge in [-0.15, -0.1) is 0 Å². The Bertz CT molecular complexity index is 1470. The number of rotatable bonds is 4. The van der Waals surface area contributed by atoms with Gasteiger partial charge in [0.1, 0.15) is 52.4 Å². The first-order valence-corrected chi connectivity index (χ1v) is 12.8. The first-order chi connectivity index (χ1) is 19.8. The van der Waals surface area contributed by atoms with E-state index >= 15 is 0 Å². The van der Waals surface area contributed by atoms with Gasteiger partial charge in [0.15, 0.2) is 6.29 Å². The Morgan fingerprint density at radius 2 is 1.12 bits per heavy atom. The van der Waals surface area contributed by atoms with E-state index in [9.17, 15) is 44.3 Å². The molecule has 0 bridgehead atoms. The van der Waals surface area contributed by atoms with Crippen LogP contribution in [0.5, 0.6) is 0 Å². The molecule has 1 aliphatic rings. The summed E-state index contributed by atoms with van der Waals surface area (Å²) in [4.78, 5) is 9.96. The second-order valence-corrected chi connectivity index (χ2v) is 10.6. The molecule has 1 fully saturated rings. The Balaban J connectivity index is 0.000000241. The number of benzene rings is 3. The number of carbonyl (C=O) groups is 1. The zero-order valence-electron chi connectivity index (χ0n) is 22.8. The van der Waals surface area contributed by atoms with Crippen molar-refractivity contribution in [2.45, 2.75) is 52.1 Å². The monoisotopic (exact) mass is 688 g/mol. The van der Waals surface area contributed by atoms with Crippen LogP contribution in [0.4, 0.5) is 39.5 Å². The van der Waals surface area contributed by atoms with Gasteiger partial charge in [0, 0.05) is 29.8 Å². The summed E-state index contributed by atoms with van der Waals surface area (Å²) in [5.74, 6) is -10.0. The standard InChI is InChI=1S/C13H16BF3O3.C7H4BrF3O.C7H3F3O/c1-12(2)13(3,4)20-14(19-12)10-9(16)5-8(15)7(6-18)11(10)17;8-6-5(10)1-4(9)3(2-12)7(6)11;8-4-1-6(9)5(3-11)7(10)2-4/h5,18H,6H2,1-4H3;1,12H,2H2;1-3H. The highest BCUT2D eigenvalue weighted by Gasteiger charge is 2.53. The van der Waals surface area contributed by atoms with Gasteiger partial charge in [-0.3, -0.25) is 4.79 Å². The molecule has 5 nitrogen and oxygen atoms in total. The fourth-order valence-electron chi connectivity index (χ4n) is 3.39. The van der Waals surface area contributed by atoms with Gasteiger partial charge in [0.25, 0.3) is 0 Å². The van der Waals surface area contributed by atoms with E-state index in [1.54, 1.807) is 27.7 Å². The number of aldehydes is 1. The van der Waals surface area contributed by atoms with Gasteiger partial charge in [0.05, 0.1) is 45.5 Å². The molecule has 234 valence electrons. The van der Waals surface area contributed by atoms with Gasteiger partial charge >= 0.3 is 7.12 Å². The van der Waals surface area contributed by atoms with Crippen LogP contribution in [0.25, 0.3) is 0 Å². The summed E-state index contributed by atoms with van der Waals surface area (Å²) in [5.41, 5.74) is -3.95. The van der Waals surface area contributed by atoms with Crippen molar-refractivity contribution < 1.29 is 63.8 Å². The van der Waals surface area contributed by atoms with E-state index in [-0.39, 0.29) is 6.29 Å². The molecule has 0 spiro atoms. The van der Waals surface area contributed by atoms with Gasteiger partial charge < -0.3 is 19.5 Å². The summed E-state index contributed by atoms with van der Waals surface area (Å²) >= 11 is 2.58. The quantitative estimate of drug-likeness (QED) is 0.113. The van der Waals surface area contributed by atoms with Crippen LogP contribution in [0, 0.1) is 52.4 Å². The molecule has 0 unspecified atom stereocenters. The lowest BCUT2D eigenvalue weighted by Crippen LogP contribution is -2.41. The van der Waals surface area contributed by atoms with Crippen molar-refractivity contribution in [3.05, 3.63) is 97.8 Å². The smallest absolute Gasteiger partial charge is 0.399 e. The molecule has 43 heavy (non-hydrogen) atoms. The minimum atomic E-state index is -1.29. The summed E-state index contributed by atoms with van der Waals surface area (Å²) in [5, 5.41) is 17.5. The molecule has 3 aromatic carbocycles. The third-order valence-electron chi connectivity index (χ3n) is 6.48. The Hall–Kier alpha value is -2.92. The summed E-state index contributed by atoms with van der Waals surface area (Å²) in [6.45, 7) is 5.28. The van der Waals surface area contributed by atoms with Gasteiger partial charge in [-0.05, 0) is 43.6 Å². The van der Waals surface area contributed by atoms with Crippen LogP contribution in [0.1, 0.15) is 49.2 Å². The third-order valence-corrected chi connectivity index (χ3v) is 7.20. The first kappa shape index (κ1) is 36.3. The van der Waals surface area contributed by atoms with Gasteiger partial charge in [-0.25, -0.2) is 39.5 Å². The molecule has 0 amide bonds. The number of halogens is 10. The molecular weight excluding hydrogens is 666 g/mol. The fraction of sp³-hybridized carbons (Fsp3) is 0.296. The molecule has 1 saturated heterocycles. The topological polar surface area (TPSA) is 76.0 Å². The summed E-state index contributed by atoms with van der Waals surface area (Å²) < 4.78 is 127. The highest BCUT2D eigenvalue weighted by atomic mass is 79.9. The van der Waals surface area contributed by atoms with E-state index in [2.05, 4.69) is 15.9 Å². The molecule has 0 radical (unpaired) electrons. The number of hydrogen-bond donors (Lipinski definition) is 2. The lowest BCUT2D eigenvalue weighted by Gasteiger charge is -2.32. The van der Waals surface area contributed by atoms with Crippen molar-refractivity contribution in [3.63, 3.8) is 0 Å². The molecule has 0 atom stereocenters. The molecule has 4 rings (SSSR count). The van der Waals surface area contributed by atoms with Crippen molar-refractivity contribution in [3.8, 4) is 0 Å². The van der Waals surface area contributed by atoms with Crippen LogP contribution in [-0.2, 0) is 22.5 Å². The minimum Gasteiger partial charge on any atom is -0.399 e. The predicted molar refractivity (Wildman–Crippen MR) is 140 cm³/mol. The van der Waals surface area contributed by atoms with E-state index in [1.807, 2.05) is 0 Å². The molecule has 0 aliphatic carbocycles. The van der Waals surface area contributed by atoms with Crippen molar-refractivity contribution in [2.24, 2.45) is 0 Å². The van der Waals surface area contributed by atoms with Crippen LogP contribution in [0.15, 0.2) is 28.7 Å². The van der Waals surface area contributed by atoms with E-state index in [0.717, 1.165) is 0 Å². The lowest BCUT2D eigenvalue weighted by atomic mass is 9.77. The Morgan fingerprint density at radius 3 is 1.53 bits per heavy atom. The van der Waals surface area contributed by atoms with Crippen molar-refractivity contribution in [2.75, 3.05) is 0 Å². The highest BCUT2D eigenvalue weighted by Crippen LogP contribution is 2.37. The molecule has 1 aliphatic heterocycles. The Morgan fingerprint density at radius 1 is 0.698 bits per heavy atom. The molecule has 0 aromatic heterocycles. The summed E-state index contributed by atoms with van der Waals surface area (Å²) in [6.07, 6.45) is 0.00407. The molecule has 16 heteroatoms. The summed E-state index contributed by atoms with van der Waals surface area (Å²) in [7, 11) is -1.29. The first-order valence-electron chi connectivity index (χ1n) is 12.0. The lowest BCUT2D eigenvalue weighted by molar-refractivity contribution is 0.00578. The minimum absolute atomic E-state index is 0.00407. The van der Waals surface area contributed by atoms with Gasteiger partial charge in [-0.2, -0.15) is 0 Å². The number of aliphatic hydroxyl groups is 2. The second-order valence-electron chi connectivity index (χ2n) is 9.80. The van der Waals surface area contributed by atoms with E-state index in [4.69, 9.17) is 19.5 Å². The third kappa shape index (κ3) is 7.98. The zero-order chi connectivity index (χ0) is 33.0. The normalized spacial score (nSPS) is 14.9. The van der Waals surface area contributed by atoms with E-state index in [0.29, 0.717) is 24.3 Å². The van der Waals surface area contributed by atoms with Crippen molar-refractivity contribution in [1.29, 1.82) is 0 Å². The van der Waals surface area contributed by atoms with Crippen LogP contribution < -0.4 is 5.46 Å². The number of carbonyl (C=O) groups excluding carboxylic acids is 1. The fourth-order valence-corrected chi connectivity index (χ4v) is 3.74. The molecule has 0 saturated carbocycles. The molecular formula is C27H23BBrF9O5. The average molecular weight is 689 g/mol. The van der Waals surface area contributed by atoms with E-state index in [1.165, 1.54) is 0 Å². The maximum absolute atomic E-state index is 14.2. The maximum Gasteiger partial charge on any atom is 0.500 e. The largest absolute Gasteiger partial charge is 0.500 e. The van der Waals surface area contributed by atoms with Crippen LogP contribution in [-0.4, -0.2) is 34.8 Å². The Labute approximate surface area is 248 Å². The molecule has 1 heterocycles. The Kier molecular flexibility index (Phi) is 12.0. The number of hydrogen-bond acceptors (Lipinski definition) is 5. The average Bonchev–Trinajstić information content (AvgIpc) is 3.09. The van der Waals surface area contributed by atoms with Gasteiger partial charge in [0.2, 0.25) is 0 Å². The molecule has 3 aromatic rings. The zero-order valence-corrected chi connectivity index (χ0v) is 24.4. The van der Waals surface area contributed by atoms with Crippen molar-refractivity contribution in [1.82, 2.24) is 0 Å². The second kappa shape index (κ2) is 14.2. The van der Waals surface area contributed by atoms with Crippen LogP contribution in [0.3, 0.4) is 0 Å². The van der Waals surface area contributed by atoms with Crippen molar-refractivity contribution >= 4 is 34.8 Å². The van der Waals surface area contributed by atoms with Gasteiger partial charge in [-0.1, -0.05) is 0 Å². The molecule has 2 N–H and O–H groups in total. The maximum atomic E-state index is 14.2. The SMILES string of the molecule is CC1(C)OB(c2c(F)cc(F)c(CO)c2F)OC1(C)C.O=Cc1c(F)cc(F)cc1F.OCc1c(F)cc(F)c(Br)c1F. The number of aliphatic hydroxyl groups excluding tert-OH is 2. The van der Waals surface area contributed by atoms with Crippen LogP contribution >= 0.6 is 15.9 Å².